The van der Waals surface area contributed by atoms with Crippen molar-refractivity contribution in [2.45, 2.75) is 96.4 Å². The highest BCUT2D eigenvalue weighted by atomic mass is 16.7. The van der Waals surface area contributed by atoms with E-state index in [1.807, 2.05) is 0 Å². The Kier molecular flexibility index (Phi) is 8.39. The highest BCUT2D eigenvalue weighted by molar-refractivity contribution is 5.87. The van der Waals surface area contributed by atoms with E-state index in [-0.39, 0.29) is 11.9 Å². The molecule has 20 heavy (non-hydrogen) atoms. The number of unbranched alkanes of at least 4 members (excludes halogenated alkanes) is 8. The van der Waals surface area contributed by atoms with Crippen LogP contribution in [0.1, 0.15) is 84.5 Å². The minimum atomic E-state index is -0.982. The Morgan fingerprint density at radius 2 is 1.65 bits per heavy atom. The molecule has 1 fully saturated rings. The number of rotatable bonds is 11. The topological polar surface area (TPSA) is 35.5 Å². The first-order valence-electron chi connectivity index (χ1n) is 8.38. The fourth-order valence-corrected chi connectivity index (χ4v) is 2.82. The molecule has 0 amide bonds. The fraction of sp³-hybridized carbons (Fsp3) is 0.941. The molecule has 0 spiro atoms. The van der Waals surface area contributed by atoms with Gasteiger partial charge in [-0.05, 0) is 13.3 Å². The van der Waals surface area contributed by atoms with Crippen LogP contribution in [0, 0.1) is 0 Å². The van der Waals surface area contributed by atoms with Gasteiger partial charge in [-0.3, -0.25) is 4.79 Å². The molecule has 0 N–H and O–H groups in total. The Morgan fingerprint density at radius 3 is 2.15 bits per heavy atom. The van der Waals surface area contributed by atoms with Crippen molar-refractivity contribution in [2.75, 3.05) is 7.11 Å². The van der Waals surface area contributed by atoms with Crippen molar-refractivity contribution in [3.63, 3.8) is 0 Å². The molecular formula is C17H32O3. The van der Waals surface area contributed by atoms with Crippen molar-refractivity contribution in [3.05, 3.63) is 0 Å². The molecule has 1 saturated heterocycles. The highest BCUT2D eigenvalue weighted by Gasteiger charge is 2.44. The molecule has 2 atom stereocenters. The largest absolute Gasteiger partial charge is 0.347 e. The van der Waals surface area contributed by atoms with Crippen LogP contribution in [0.25, 0.3) is 0 Å². The number of methoxy groups -OCH3 is 1. The molecule has 3 heteroatoms. The second kappa shape index (κ2) is 9.51. The van der Waals surface area contributed by atoms with Crippen LogP contribution in [-0.2, 0) is 14.3 Å². The monoisotopic (exact) mass is 284 g/mol. The molecule has 0 aromatic heterocycles. The van der Waals surface area contributed by atoms with E-state index >= 15 is 0 Å². The van der Waals surface area contributed by atoms with Crippen molar-refractivity contribution < 1.29 is 14.3 Å². The summed E-state index contributed by atoms with van der Waals surface area (Å²) in [7, 11) is 1.54. The first-order chi connectivity index (χ1) is 9.62. The predicted octanol–water partition coefficient (Wildman–Crippen LogP) is 4.63. The number of hydrogen-bond donors (Lipinski definition) is 0. The third kappa shape index (κ3) is 5.92. The first-order valence-corrected chi connectivity index (χ1v) is 8.38. The summed E-state index contributed by atoms with van der Waals surface area (Å²) < 4.78 is 10.9. The van der Waals surface area contributed by atoms with Gasteiger partial charge in [0.1, 0.15) is 0 Å². The van der Waals surface area contributed by atoms with E-state index < -0.39 is 5.79 Å². The van der Waals surface area contributed by atoms with Crippen LogP contribution in [0.3, 0.4) is 0 Å². The van der Waals surface area contributed by atoms with Gasteiger partial charge in [0.2, 0.25) is 5.79 Å². The zero-order valence-corrected chi connectivity index (χ0v) is 13.6. The smallest absolute Gasteiger partial charge is 0.226 e. The zero-order chi connectivity index (χ0) is 14.8. The minimum Gasteiger partial charge on any atom is -0.347 e. The van der Waals surface area contributed by atoms with Crippen molar-refractivity contribution in [1.29, 1.82) is 0 Å². The lowest BCUT2D eigenvalue weighted by atomic mass is 10.0. The SMILES string of the molecule is CCCCCCCCCCCC1CC(=O)C(C)(OC)O1. The maximum atomic E-state index is 11.7. The first kappa shape index (κ1) is 17.6. The van der Waals surface area contributed by atoms with Gasteiger partial charge in [0, 0.05) is 13.5 Å². The standard InChI is InChI=1S/C17H32O3/c1-4-5-6-7-8-9-10-11-12-13-15-14-16(18)17(2,19-3)20-15/h15H,4-14H2,1-3H3. The Labute approximate surface area is 124 Å². The molecular weight excluding hydrogens is 252 g/mol. The third-order valence-electron chi connectivity index (χ3n) is 4.33. The van der Waals surface area contributed by atoms with Crippen LogP contribution in [0.15, 0.2) is 0 Å². The molecule has 2 unspecified atom stereocenters. The second-order valence-electron chi connectivity index (χ2n) is 6.13. The molecule has 1 rings (SSSR count). The van der Waals surface area contributed by atoms with E-state index in [0.29, 0.717) is 6.42 Å². The van der Waals surface area contributed by atoms with Gasteiger partial charge in [-0.15, -0.1) is 0 Å². The van der Waals surface area contributed by atoms with Gasteiger partial charge in [-0.1, -0.05) is 64.7 Å². The van der Waals surface area contributed by atoms with Crippen molar-refractivity contribution >= 4 is 5.78 Å². The summed E-state index contributed by atoms with van der Waals surface area (Å²) >= 11 is 0. The lowest BCUT2D eigenvalue weighted by molar-refractivity contribution is -0.200. The average Bonchev–Trinajstić information content (AvgIpc) is 2.73. The molecule has 3 nitrogen and oxygen atoms in total. The van der Waals surface area contributed by atoms with Gasteiger partial charge < -0.3 is 9.47 Å². The maximum absolute atomic E-state index is 11.7. The fourth-order valence-electron chi connectivity index (χ4n) is 2.82. The molecule has 1 aliphatic heterocycles. The third-order valence-corrected chi connectivity index (χ3v) is 4.33. The Hall–Kier alpha value is -0.410. The van der Waals surface area contributed by atoms with E-state index in [1.165, 1.54) is 51.4 Å². The molecule has 0 aliphatic carbocycles. The normalized spacial score (nSPS) is 26.4. The maximum Gasteiger partial charge on any atom is 0.226 e. The van der Waals surface area contributed by atoms with Crippen LogP contribution in [-0.4, -0.2) is 24.8 Å². The highest BCUT2D eigenvalue weighted by Crippen LogP contribution is 2.30. The van der Waals surface area contributed by atoms with Gasteiger partial charge in [0.05, 0.1) is 6.10 Å². The van der Waals surface area contributed by atoms with Crippen molar-refractivity contribution in [3.8, 4) is 0 Å². The molecule has 0 bridgehead atoms. The molecule has 0 aromatic carbocycles. The van der Waals surface area contributed by atoms with Gasteiger partial charge in [-0.25, -0.2) is 0 Å². The molecule has 1 heterocycles. The molecule has 1 aliphatic rings. The van der Waals surface area contributed by atoms with Crippen molar-refractivity contribution in [2.24, 2.45) is 0 Å². The summed E-state index contributed by atoms with van der Waals surface area (Å²) in [6.07, 6.45) is 13.5. The van der Waals surface area contributed by atoms with Gasteiger partial charge in [0.25, 0.3) is 0 Å². The van der Waals surface area contributed by atoms with Crippen LogP contribution in [0.2, 0.25) is 0 Å². The van der Waals surface area contributed by atoms with Crippen LogP contribution < -0.4 is 0 Å². The van der Waals surface area contributed by atoms with Gasteiger partial charge in [-0.2, -0.15) is 0 Å². The summed E-state index contributed by atoms with van der Waals surface area (Å²) in [5.41, 5.74) is 0. The molecule has 0 aromatic rings. The van der Waals surface area contributed by atoms with Crippen LogP contribution in [0.4, 0.5) is 0 Å². The Morgan fingerprint density at radius 1 is 1.10 bits per heavy atom. The van der Waals surface area contributed by atoms with Crippen LogP contribution in [0.5, 0.6) is 0 Å². The quantitative estimate of drug-likeness (QED) is 0.519. The lowest BCUT2D eigenvalue weighted by Crippen LogP contribution is -2.34. The summed E-state index contributed by atoms with van der Waals surface area (Å²) in [6, 6.07) is 0. The van der Waals surface area contributed by atoms with Gasteiger partial charge >= 0.3 is 0 Å². The van der Waals surface area contributed by atoms with Crippen molar-refractivity contribution in [1.82, 2.24) is 0 Å². The predicted molar refractivity (Wildman–Crippen MR) is 81.8 cm³/mol. The van der Waals surface area contributed by atoms with Crippen LogP contribution >= 0.6 is 0 Å². The average molecular weight is 284 g/mol. The zero-order valence-electron chi connectivity index (χ0n) is 13.6. The number of ketones is 1. The number of Topliss-reactive ketones (excluding diaryl/α,β-unsaturated/α-hetero) is 1. The number of carbonyl (C=O) groups is 1. The van der Waals surface area contributed by atoms with E-state index in [4.69, 9.17) is 9.47 Å². The summed E-state index contributed by atoms with van der Waals surface area (Å²) in [6.45, 7) is 3.98. The lowest BCUT2D eigenvalue weighted by Gasteiger charge is -2.21. The van der Waals surface area contributed by atoms with E-state index in [2.05, 4.69) is 6.92 Å². The number of carbonyl (C=O) groups excluding carboxylic acids is 1. The minimum absolute atomic E-state index is 0.0667. The van der Waals surface area contributed by atoms with E-state index in [0.717, 1.165) is 12.8 Å². The summed E-state index contributed by atoms with van der Waals surface area (Å²) in [5, 5.41) is 0. The van der Waals surface area contributed by atoms with Gasteiger partial charge in [0.15, 0.2) is 5.78 Å². The summed E-state index contributed by atoms with van der Waals surface area (Å²) in [4.78, 5) is 11.7. The number of hydrogen-bond acceptors (Lipinski definition) is 3. The molecule has 0 radical (unpaired) electrons. The second-order valence-corrected chi connectivity index (χ2v) is 6.13. The number of ether oxygens (including phenoxy) is 2. The Balaban J connectivity index is 1.96. The molecule has 118 valence electrons. The summed E-state index contributed by atoms with van der Waals surface area (Å²) in [5.74, 6) is -0.898. The van der Waals surface area contributed by atoms with E-state index in [9.17, 15) is 4.79 Å². The molecule has 0 saturated carbocycles. The van der Waals surface area contributed by atoms with E-state index in [1.54, 1.807) is 14.0 Å². The Bertz CT molecular complexity index is 277.